The molecule has 0 spiro atoms. The summed E-state index contributed by atoms with van der Waals surface area (Å²) in [6, 6.07) is 2.71. The Morgan fingerprint density at radius 2 is 1.90 bits per heavy atom. The van der Waals surface area contributed by atoms with Gasteiger partial charge in [-0.15, -0.1) is 0 Å². The van der Waals surface area contributed by atoms with Crippen molar-refractivity contribution >= 4 is 21.7 Å². The van der Waals surface area contributed by atoms with Gasteiger partial charge in [-0.3, -0.25) is 0 Å². The molecule has 4 N–H and O–H groups in total. The molecule has 0 atom stereocenters. The summed E-state index contributed by atoms with van der Waals surface area (Å²) in [6.07, 6.45) is 5.15. The largest absolute Gasteiger partial charge is 0.335 e. The fourth-order valence-electron chi connectivity index (χ4n) is 2.36. The number of amides is 2. The molecule has 0 aliphatic heterocycles. The summed E-state index contributed by atoms with van der Waals surface area (Å²) in [4.78, 5) is 11.4. The molecule has 21 heavy (non-hydrogen) atoms. The summed E-state index contributed by atoms with van der Waals surface area (Å²) >= 11 is 0. The third kappa shape index (κ3) is 4.40. The molecule has 1 fully saturated rings. The Bertz CT molecular complexity index is 628. The molecule has 6 nitrogen and oxygen atoms in total. The zero-order valence-electron chi connectivity index (χ0n) is 11.4. The van der Waals surface area contributed by atoms with Gasteiger partial charge in [0, 0.05) is 6.04 Å². The molecular formula is C13H18FN3O3S. The standard InChI is InChI=1S/C13H18FN3O3S/c14-11-8-10(21(15,19)20)6-7-12(11)17-13(18)16-9-4-2-1-3-5-9/h6-9H,1-5H2,(H2,15,19,20)(H2,16,17,18). The van der Waals surface area contributed by atoms with Crippen LogP contribution >= 0.6 is 0 Å². The van der Waals surface area contributed by atoms with Crippen LogP contribution in [0.3, 0.4) is 0 Å². The summed E-state index contributed by atoms with van der Waals surface area (Å²) in [6.45, 7) is 0. The van der Waals surface area contributed by atoms with E-state index in [1.54, 1.807) is 0 Å². The maximum Gasteiger partial charge on any atom is 0.319 e. The van der Waals surface area contributed by atoms with E-state index in [1.165, 1.54) is 12.5 Å². The van der Waals surface area contributed by atoms with Gasteiger partial charge < -0.3 is 10.6 Å². The van der Waals surface area contributed by atoms with Crippen LogP contribution in [0.4, 0.5) is 14.9 Å². The molecule has 0 heterocycles. The number of carbonyl (C=O) groups excluding carboxylic acids is 1. The molecular weight excluding hydrogens is 297 g/mol. The first-order valence-electron chi connectivity index (χ1n) is 6.76. The van der Waals surface area contributed by atoms with Crippen LogP contribution in [0, 0.1) is 5.82 Å². The molecule has 1 aliphatic carbocycles. The van der Waals surface area contributed by atoms with Crippen molar-refractivity contribution in [2.75, 3.05) is 5.32 Å². The van der Waals surface area contributed by atoms with Gasteiger partial charge in [-0.1, -0.05) is 19.3 Å². The summed E-state index contributed by atoms with van der Waals surface area (Å²) in [5.41, 5.74) is -0.0873. The van der Waals surface area contributed by atoms with Crippen LogP contribution in [0.1, 0.15) is 32.1 Å². The second-order valence-electron chi connectivity index (χ2n) is 5.12. The second-order valence-corrected chi connectivity index (χ2v) is 6.68. The number of primary sulfonamides is 1. The second kappa shape index (κ2) is 6.40. The molecule has 0 bridgehead atoms. The molecule has 2 amide bonds. The van der Waals surface area contributed by atoms with E-state index in [-0.39, 0.29) is 16.6 Å². The number of carbonyl (C=O) groups is 1. The minimum atomic E-state index is -3.96. The highest BCUT2D eigenvalue weighted by Crippen LogP contribution is 2.19. The van der Waals surface area contributed by atoms with Crippen LogP contribution in [0.2, 0.25) is 0 Å². The third-order valence-electron chi connectivity index (χ3n) is 3.46. The summed E-state index contributed by atoms with van der Waals surface area (Å²) in [5, 5.41) is 10.1. The maximum atomic E-state index is 13.8. The Morgan fingerprint density at radius 1 is 1.24 bits per heavy atom. The van der Waals surface area contributed by atoms with Crippen molar-refractivity contribution in [2.24, 2.45) is 5.14 Å². The first-order chi connectivity index (χ1) is 9.86. The molecule has 0 unspecified atom stereocenters. The average molecular weight is 315 g/mol. The number of benzene rings is 1. The smallest absolute Gasteiger partial charge is 0.319 e. The van der Waals surface area contributed by atoms with Crippen LogP contribution in [0.25, 0.3) is 0 Å². The molecule has 1 aromatic rings. The lowest BCUT2D eigenvalue weighted by atomic mass is 9.96. The van der Waals surface area contributed by atoms with E-state index in [0.29, 0.717) is 0 Å². The predicted molar refractivity (Wildman–Crippen MR) is 76.8 cm³/mol. The van der Waals surface area contributed by atoms with Gasteiger partial charge in [0.1, 0.15) is 5.82 Å². The zero-order valence-corrected chi connectivity index (χ0v) is 12.2. The molecule has 1 saturated carbocycles. The normalized spacial score (nSPS) is 16.5. The molecule has 0 saturated heterocycles. The Balaban J connectivity index is 2.00. The van der Waals surface area contributed by atoms with Crippen LogP contribution in [-0.4, -0.2) is 20.5 Å². The Morgan fingerprint density at radius 3 is 2.48 bits per heavy atom. The quantitative estimate of drug-likeness (QED) is 0.794. The number of urea groups is 1. The molecule has 116 valence electrons. The first kappa shape index (κ1) is 15.7. The van der Waals surface area contributed by atoms with Crippen molar-refractivity contribution < 1.29 is 17.6 Å². The number of sulfonamides is 1. The fraction of sp³-hybridized carbons (Fsp3) is 0.462. The Labute approximate surface area is 123 Å². The summed E-state index contributed by atoms with van der Waals surface area (Å²) in [7, 11) is -3.96. The van der Waals surface area contributed by atoms with E-state index >= 15 is 0 Å². The Hall–Kier alpha value is -1.67. The molecule has 1 aromatic carbocycles. The average Bonchev–Trinajstić information content (AvgIpc) is 2.41. The highest BCUT2D eigenvalue weighted by atomic mass is 32.2. The molecule has 0 aromatic heterocycles. The molecule has 1 aliphatic rings. The number of hydrogen-bond donors (Lipinski definition) is 3. The first-order valence-corrected chi connectivity index (χ1v) is 8.31. The van der Waals surface area contributed by atoms with Crippen molar-refractivity contribution in [2.45, 2.75) is 43.0 Å². The van der Waals surface area contributed by atoms with Crippen LogP contribution in [0.15, 0.2) is 23.1 Å². The number of rotatable bonds is 3. The van der Waals surface area contributed by atoms with Gasteiger partial charge in [0.2, 0.25) is 10.0 Å². The van der Waals surface area contributed by atoms with Crippen molar-refractivity contribution in [1.82, 2.24) is 5.32 Å². The highest BCUT2D eigenvalue weighted by molar-refractivity contribution is 7.89. The lowest BCUT2D eigenvalue weighted by molar-refractivity contribution is 0.244. The van der Waals surface area contributed by atoms with Crippen LogP contribution in [0.5, 0.6) is 0 Å². The van der Waals surface area contributed by atoms with Gasteiger partial charge in [-0.05, 0) is 31.0 Å². The van der Waals surface area contributed by atoms with Gasteiger partial charge in [0.25, 0.3) is 0 Å². The maximum absolute atomic E-state index is 13.8. The number of nitrogens with two attached hydrogens (primary N) is 1. The van der Waals surface area contributed by atoms with E-state index in [9.17, 15) is 17.6 Å². The molecule has 8 heteroatoms. The van der Waals surface area contributed by atoms with E-state index in [0.717, 1.165) is 37.8 Å². The minimum Gasteiger partial charge on any atom is -0.335 e. The predicted octanol–water partition coefficient (Wildman–Crippen LogP) is 1.93. The van der Waals surface area contributed by atoms with Crippen molar-refractivity contribution in [1.29, 1.82) is 0 Å². The van der Waals surface area contributed by atoms with Gasteiger partial charge in [-0.25, -0.2) is 22.7 Å². The van der Waals surface area contributed by atoms with E-state index < -0.39 is 21.9 Å². The fourth-order valence-corrected chi connectivity index (χ4v) is 2.89. The Kier molecular flexibility index (Phi) is 4.79. The lowest BCUT2D eigenvalue weighted by Crippen LogP contribution is -2.39. The van der Waals surface area contributed by atoms with Gasteiger partial charge in [-0.2, -0.15) is 0 Å². The van der Waals surface area contributed by atoms with Crippen LogP contribution < -0.4 is 15.8 Å². The molecule has 2 rings (SSSR count). The molecule has 0 radical (unpaired) electrons. The van der Waals surface area contributed by atoms with Crippen molar-refractivity contribution in [3.63, 3.8) is 0 Å². The van der Waals surface area contributed by atoms with Gasteiger partial charge in [0.15, 0.2) is 0 Å². The lowest BCUT2D eigenvalue weighted by Gasteiger charge is -2.22. The van der Waals surface area contributed by atoms with Gasteiger partial charge >= 0.3 is 6.03 Å². The third-order valence-corrected chi connectivity index (χ3v) is 4.37. The van der Waals surface area contributed by atoms with E-state index in [4.69, 9.17) is 5.14 Å². The summed E-state index contributed by atoms with van der Waals surface area (Å²) in [5.74, 6) is -0.847. The number of halogens is 1. The van der Waals surface area contributed by atoms with Crippen molar-refractivity contribution in [3.05, 3.63) is 24.0 Å². The SMILES string of the molecule is NS(=O)(=O)c1ccc(NC(=O)NC2CCCCC2)c(F)c1. The monoisotopic (exact) mass is 315 g/mol. The van der Waals surface area contributed by atoms with Crippen molar-refractivity contribution in [3.8, 4) is 0 Å². The van der Waals surface area contributed by atoms with E-state index in [1.807, 2.05) is 0 Å². The minimum absolute atomic E-state index is 0.0873. The highest BCUT2D eigenvalue weighted by Gasteiger charge is 2.17. The zero-order chi connectivity index (χ0) is 15.5. The number of hydrogen-bond acceptors (Lipinski definition) is 3. The summed E-state index contributed by atoms with van der Waals surface area (Å²) < 4.78 is 35.9. The van der Waals surface area contributed by atoms with Crippen LogP contribution in [-0.2, 0) is 10.0 Å². The topological polar surface area (TPSA) is 101 Å². The number of nitrogens with one attached hydrogen (secondary N) is 2. The number of anilines is 1. The van der Waals surface area contributed by atoms with Gasteiger partial charge in [0.05, 0.1) is 10.6 Å². The van der Waals surface area contributed by atoms with E-state index in [2.05, 4.69) is 10.6 Å².